The summed E-state index contributed by atoms with van der Waals surface area (Å²) >= 11 is 5.87. The predicted molar refractivity (Wildman–Crippen MR) is 73.8 cm³/mol. The third kappa shape index (κ3) is 2.53. The molecule has 1 heterocycles. The minimum atomic E-state index is -0.0987. The number of pyridine rings is 1. The van der Waals surface area contributed by atoms with Crippen molar-refractivity contribution < 1.29 is 4.79 Å². The van der Waals surface area contributed by atoms with E-state index >= 15 is 0 Å². The number of hydrazine groups is 1. The number of hydrogen-bond acceptors (Lipinski definition) is 4. The summed E-state index contributed by atoms with van der Waals surface area (Å²) in [6.07, 6.45) is 4.93. The smallest absolute Gasteiger partial charge is 0.251 e. The molecule has 2 aliphatic rings. The number of aromatic nitrogens is 1. The Kier molecular flexibility index (Phi) is 3.33. The molecule has 1 amide bonds. The van der Waals surface area contributed by atoms with Crippen molar-refractivity contribution in [2.24, 2.45) is 17.7 Å². The summed E-state index contributed by atoms with van der Waals surface area (Å²) in [7, 11) is 0. The second-order valence-corrected chi connectivity index (χ2v) is 5.85. The van der Waals surface area contributed by atoms with Gasteiger partial charge in [-0.1, -0.05) is 18.0 Å². The Morgan fingerprint density at radius 2 is 2.21 bits per heavy atom. The highest BCUT2D eigenvalue weighted by molar-refractivity contribution is 6.29. The molecule has 3 rings (SSSR count). The normalized spacial score (nSPS) is 28.4. The topological polar surface area (TPSA) is 80.0 Å². The summed E-state index contributed by atoms with van der Waals surface area (Å²) in [5, 5.41) is 3.37. The molecular weight excluding hydrogens is 264 g/mol. The summed E-state index contributed by atoms with van der Waals surface area (Å²) in [5.41, 5.74) is 2.90. The number of carbonyl (C=O) groups excluding carboxylic acids is 1. The lowest BCUT2D eigenvalue weighted by Crippen LogP contribution is -2.38. The number of fused-ring (bicyclic) bond motifs is 2. The molecule has 2 bridgehead atoms. The lowest BCUT2D eigenvalue weighted by atomic mass is 9.95. The number of nitrogens with zero attached hydrogens (tertiary/aromatic N) is 1. The monoisotopic (exact) mass is 280 g/mol. The molecule has 0 aromatic carbocycles. The van der Waals surface area contributed by atoms with Gasteiger partial charge in [-0.15, -0.1) is 0 Å². The standard InChI is InChI=1S/C13H17ClN4O/c14-11-5-9(6-12(17-11)18-15)13(19)16-10-4-7-1-2-8(10)3-7/h5-8,10H,1-4,15H2,(H,16,19)(H,17,18). The molecule has 0 saturated heterocycles. The van der Waals surface area contributed by atoms with Gasteiger partial charge in [0.25, 0.3) is 5.91 Å². The Balaban J connectivity index is 1.72. The molecule has 6 heteroatoms. The third-order valence-corrected chi connectivity index (χ3v) is 4.45. The zero-order chi connectivity index (χ0) is 13.4. The third-order valence-electron chi connectivity index (χ3n) is 4.26. The second kappa shape index (κ2) is 4.98. The van der Waals surface area contributed by atoms with Crippen LogP contribution in [-0.4, -0.2) is 16.9 Å². The van der Waals surface area contributed by atoms with Gasteiger partial charge in [-0.3, -0.25) is 4.79 Å². The van der Waals surface area contributed by atoms with Crippen LogP contribution in [0.25, 0.3) is 0 Å². The van der Waals surface area contributed by atoms with Crippen molar-refractivity contribution >= 4 is 23.3 Å². The Morgan fingerprint density at radius 3 is 2.84 bits per heavy atom. The maximum absolute atomic E-state index is 12.2. The number of carbonyl (C=O) groups is 1. The van der Waals surface area contributed by atoms with Crippen molar-refractivity contribution in [2.75, 3.05) is 5.43 Å². The summed E-state index contributed by atoms with van der Waals surface area (Å²) in [6, 6.07) is 3.48. The molecule has 2 aliphatic carbocycles. The first-order chi connectivity index (χ1) is 9.15. The van der Waals surface area contributed by atoms with E-state index < -0.39 is 0 Å². The average molecular weight is 281 g/mol. The van der Waals surface area contributed by atoms with E-state index in [0.29, 0.717) is 23.3 Å². The van der Waals surface area contributed by atoms with Crippen molar-refractivity contribution in [1.82, 2.24) is 10.3 Å². The van der Waals surface area contributed by atoms with Crippen LogP contribution in [0.15, 0.2) is 12.1 Å². The van der Waals surface area contributed by atoms with Crippen LogP contribution < -0.4 is 16.6 Å². The lowest BCUT2D eigenvalue weighted by Gasteiger charge is -2.23. The molecule has 2 saturated carbocycles. The van der Waals surface area contributed by atoms with Crippen molar-refractivity contribution in [1.29, 1.82) is 0 Å². The van der Waals surface area contributed by atoms with E-state index in [1.807, 2.05) is 0 Å². The Morgan fingerprint density at radius 1 is 1.37 bits per heavy atom. The van der Waals surface area contributed by atoms with Gasteiger partial charge in [-0.2, -0.15) is 0 Å². The van der Waals surface area contributed by atoms with Crippen LogP contribution in [0.3, 0.4) is 0 Å². The Labute approximate surface area is 116 Å². The highest BCUT2D eigenvalue weighted by atomic mass is 35.5. The SMILES string of the molecule is NNc1cc(C(=O)NC2CC3CCC2C3)cc(Cl)n1. The number of nitrogen functional groups attached to an aromatic ring is 1. The van der Waals surface area contributed by atoms with Gasteiger partial charge < -0.3 is 10.7 Å². The van der Waals surface area contributed by atoms with Crippen molar-refractivity contribution in [3.8, 4) is 0 Å². The zero-order valence-electron chi connectivity index (χ0n) is 10.5. The van der Waals surface area contributed by atoms with Crippen LogP contribution in [0.2, 0.25) is 5.15 Å². The minimum absolute atomic E-state index is 0.0987. The highest BCUT2D eigenvalue weighted by Crippen LogP contribution is 2.44. The van der Waals surface area contributed by atoms with E-state index in [-0.39, 0.29) is 11.1 Å². The Hall–Kier alpha value is -1.33. The lowest BCUT2D eigenvalue weighted by molar-refractivity contribution is 0.0923. The summed E-state index contributed by atoms with van der Waals surface area (Å²) in [6.45, 7) is 0. The number of nitrogens with two attached hydrogens (primary N) is 1. The van der Waals surface area contributed by atoms with Gasteiger partial charge in [0.1, 0.15) is 11.0 Å². The molecule has 1 aromatic heterocycles. The fraction of sp³-hybridized carbons (Fsp3) is 0.538. The molecule has 3 atom stereocenters. The van der Waals surface area contributed by atoms with E-state index in [1.54, 1.807) is 12.1 Å². The number of anilines is 1. The molecule has 19 heavy (non-hydrogen) atoms. The molecule has 102 valence electrons. The Bertz CT molecular complexity index is 507. The molecular formula is C13H17ClN4O. The average Bonchev–Trinajstić information content (AvgIpc) is 3.00. The van der Waals surface area contributed by atoms with Crippen LogP contribution in [-0.2, 0) is 0 Å². The van der Waals surface area contributed by atoms with E-state index in [2.05, 4.69) is 15.7 Å². The maximum atomic E-state index is 12.2. The highest BCUT2D eigenvalue weighted by Gasteiger charge is 2.40. The molecule has 2 fully saturated rings. The number of hydrogen-bond donors (Lipinski definition) is 3. The molecule has 5 nitrogen and oxygen atoms in total. The van der Waals surface area contributed by atoms with E-state index in [1.165, 1.54) is 19.3 Å². The summed E-state index contributed by atoms with van der Waals surface area (Å²) in [5.74, 6) is 7.05. The largest absolute Gasteiger partial charge is 0.349 e. The number of rotatable bonds is 3. The van der Waals surface area contributed by atoms with Gasteiger partial charge in [-0.05, 0) is 43.2 Å². The second-order valence-electron chi connectivity index (χ2n) is 5.46. The molecule has 0 aliphatic heterocycles. The van der Waals surface area contributed by atoms with Gasteiger partial charge in [0, 0.05) is 11.6 Å². The van der Waals surface area contributed by atoms with Gasteiger partial charge in [0.2, 0.25) is 0 Å². The van der Waals surface area contributed by atoms with Crippen molar-refractivity contribution in [3.05, 3.63) is 22.8 Å². The van der Waals surface area contributed by atoms with E-state index in [9.17, 15) is 4.79 Å². The number of amides is 1. The van der Waals surface area contributed by atoms with Crippen LogP contribution in [0.5, 0.6) is 0 Å². The first-order valence-electron chi connectivity index (χ1n) is 6.61. The minimum Gasteiger partial charge on any atom is -0.349 e. The first-order valence-corrected chi connectivity index (χ1v) is 6.98. The van der Waals surface area contributed by atoms with Crippen LogP contribution >= 0.6 is 11.6 Å². The van der Waals surface area contributed by atoms with E-state index in [0.717, 1.165) is 12.3 Å². The molecule has 0 spiro atoms. The van der Waals surface area contributed by atoms with Crippen LogP contribution in [0, 0.1) is 11.8 Å². The summed E-state index contributed by atoms with van der Waals surface area (Å²) < 4.78 is 0. The van der Waals surface area contributed by atoms with Gasteiger partial charge in [-0.25, -0.2) is 10.8 Å². The predicted octanol–water partition coefficient (Wildman–Crippen LogP) is 1.94. The van der Waals surface area contributed by atoms with Crippen molar-refractivity contribution in [3.63, 3.8) is 0 Å². The fourth-order valence-corrected chi connectivity index (χ4v) is 3.58. The van der Waals surface area contributed by atoms with Crippen LogP contribution in [0.4, 0.5) is 5.82 Å². The van der Waals surface area contributed by atoms with Gasteiger partial charge in [0.05, 0.1) is 0 Å². The van der Waals surface area contributed by atoms with Gasteiger partial charge >= 0.3 is 0 Å². The number of nitrogens with one attached hydrogen (secondary N) is 2. The molecule has 4 N–H and O–H groups in total. The summed E-state index contributed by atoms with van der Waals surface area (Å²) in [4.78, 5) is 16.2. The zero-order valence-corrected chi connectivity index (χ0v) is 11.3. The number of halogens is 1. The van der Waals surface area contributed by atoms with Crippen LogP contribution in [0.1, 0.15) is 36.0 Å². The van der Waals surface area contributed by atoms with Gasteiger partial charge in [0.15, 0.2) is 0 Å². The molecule has 3 unspecified atom stereocenters. The van der Waals surface area contributed by atoms with E-state index in [4.69, 9.17) is 17.4 Å². The molecule has 1 aromatic rings. The first kappa shape index (κ1) is 12.7. The molecule has 0 radical (unpaired) electrons. The van der Waals surface area contributed by atoms with Crippen molar-refractivity contribution in [2.45, 2.75) is 31.7 Å². The maximum Gasteiger partial charge on any atom is 0.251 e. The quantitative estimate of drug-likeness (QED) is 0.449. The fourth-order valence-electron chi connectivity index (χ4n) is 3.38.